The molecule has 1 aromatic heterocycles. The fourth-order valence-corrected chi connectivity index (χ4v) is 3.88. The van der Waals surface area contributed by atoms with Gasteiger partial charge in [0.1, 0.15) is 11.5 Å². The maximum atomic E-state index is 12.7. The number of methoxy groups -OCH3 is 2. The molecular weight excluding hydrogens is 380 g/mol. The number of carbonyl (C=O) groups is 1. The molecule has 0 saturated carbocycles. The summed E-state index contributed by atoms with van der Waals surface area (Å²) in [6.45, 7) is 1.99. The Morgan fingerprint density at radius 2 is 1.85 bits per heavy atom. The van der Waals surface area contributed by atoms with E-state index in [0.717, 1.165) is 26.8 Å². The Kier molecular flexibility index (Phi) is 6.03. The van der Waals surface area contributed by atoms with Gasteiger partial charge in [-0.15, -0.1) is 23.1 Å². The summed E-state index contributed by atoms with van der Waals surface area (Å²) in [4.78, 5) is 19.3. The zero-order valence-corrected chi connectivity index (χ0v) is 17.2. The van der Waals surface area contributed by atoms with Gasteiger partial charge in [-0.2, -0.15) is 0 Å². The second-order valence-corrected chi connectivity index (χ2v) is 7.76. The standard InChI is InChI=1S/C20H20N2O3S2/c1-12-18(13-5-7-14(24-2)8-6-13)21-20(27-12)22-19(23)16-10-9-15(26-4)11-17(16)25-3/h5-11H,1-4H3,(H,21,22,23). The number of aromatic nitrogens is 1. The molecule has 0 fully saturated rings. The molecule has 0 spiro atoms. The van der Waals surface area contributed by atoms with Gasteiger partial charge in [-0.25, -0.2) is 4.98 Å². The van der Waals surface area contributed by atoms with Crippen molar-refractivity contribution < 1.29 is 14.3 Å². The number of nitrogens with zero attached hydrogens (tertiary/aromatic N) is 1. The van der Waals surface area contributed by atoms with E-state index in [-0.39, 0.29) is 5.91 Å². The minimum atomic E-state index is -0.241. The molecule has 0 saturated heterocycles. The molecule has 1 N–H and O–H groups in total. The molecule has 3 rings (SSSR count). The lowest BCUT2D eigenvalue weighted by Crippen LogP contribution is -2.13. The van der Waals surface area contributed by atoms with Crippen molar-refractivity contribution >= 4 is 34.1 Å². The Morgan fingerprint density at radius 1 is 1.11 bits per heavy atom. The quantitative estimate of drug-likeness (QED) is 0.583. The van der Waals surface area contributed by atoms with E-state index in [2.05, 4.69) is 10.3 Å². The normalized spacial score (nSPS) is 10.5. The van der Waals surface area contributed by atoms with Crippen molar-refractivity contribution in [2.45, 2.75) is 11.8 Å². The number of aryl methyl sites for hydroxylation is 1. The Hall–Kier alpha value is -2.51. The lowest BCUT2D eigenvalue weighted by molar-refractivity contribution is 0.102. The number of nitrogens with one attached hydrogen (secondary N) is 1. The molecule has 27 heavy (non-hydrogen) atoms. The Bertz CT molecular complexity index is 952. The van der Waals surface area contributed by atoms with Crippen molar-refractivity contribution in [1.82, 2.24) is 4.98 Å². The molecule has 0 aliphatic carbocycles. The first-order chi connectivity index (χ1) is 13.0. The first kappa shape index (κ1) is 19.3. The van der Waals surface area contributed by atoms with Crippen LogP contribution in [0.5, 0.6) is 11.5 Å². The third-order valence-corrected chi connectivity index (χ3v) is 5.65. The molecule has 0 bridgehead atoms. The fourth-order valence-electron chi connectivity index (χ4n) is 2.62. The van der Waals surface area contributed by atoms with Crippen LogP contribution in [0.15, 0.2) is 47.4 Å². The van der Waals surface area contributed by atoms with Gasteiger partial charge < -0.3 is 9.47 Å². The van der Waals surface area contributed by atoms with E-state index in [0.29, 0.717) is 16.4 Å². The van der Waals surface area contributed by atoms with Crippen LogP contribution in [0.4, 0.5) is 5.13 Å². The molecule has 1 heterocycles. The highest BCUT2D eigenvalue weighted by Gasteiger charge is 2.16. The predicted octanol–water partition coefficient (Wildman–Crippen LogP) is 5.11. The van der Waals surface area contributed by atoms with E-state index in [1.54, 1.807) is 32.0 Å². The van der Waals surface area contributed by atoms with Crippen LogP contribution < -0.4 is 14.8 Å². The number of hydrogen-bond donors (Lipinski definition) is 1. The van der Waals surface area contributed by atoms with E-state index < -0.39 is 0 Å². The average Bonchev–Trinajstić information content (AvgIpc) is 3.07. The number of rotatable bonds is 6. The zero-order chi connectivity index (χ0) is 19.4. The molecule has 0 atom stereocenters. The van der Waals surface area contributed by atoms with Gasteiger partial charge in [-0.1, -0.05) is 0 Å². The van der Waals surface area contributed by atoms with Crippen LogP contribution >= 0.6 is 23.1 Å². The van der Waals surface area contributed by atoms with Gasteiger partial charge in [0, 0.05) is 15.3 Å². The van der Waals surface area contributed by atoms with Crippen LogP contribution in [0.3, 0.4) is 0 Å². The van der Waals surface area contributed by atoms with E-state index in [1.807, 2.05) is 49.6 Å². The van der Waals surface area contributed by atoms with E-state index in [9.17, 15) is 4.79 Å². The predicted molar refractivity (Wildman–Crippen MR) is 112 cm³/mol. The number of thiazole rings is 1. The lowest BCUT2D eigenvalue weighted by atomic mass is 10.1. The molecule has 5 nitrogen and oxygen atoms in total. The van der Waals surface area contributed by atoms with Gasteiger partial charge >= 0.3 is 0 Å². The van der Waals surface area contributed by atoms with Crippen LogP contribution in [0.1, 0.15) is 15.2 Å². The highest BCUT2D eigenvalue weighted by atomic mass is 32.2. The van der Waals surface area contributed by atoms with Crippen molar-refractivity contribution in [2.24, 2.45) is 0 Å². The number of amides is 1. The maximum absolute atomic E-state index is 12.7. The summed E-state index contributed by atoms with van der Waals surface area (Å²) in [5.41, 5.74) is 2.31. The molecule has 2 aromatic carbocycles. The van der Waals surface area contributed by atoms with Gasteiger partial charge in [0.2, 0.25) is 0 Å². The van der Waals surface area contributed by atoms with Crippen molar-refractivity contribution in [2.75, 3.05) is 25.8 Å². The van der Waals surface area contributed by atoms with Crippen LogP contribution in [0.25, 0.3) is 11.3 Å². The second-order valence-electron chi connectivity index (χ2n) is 5.67. The van der Waals surface area contributed by atoms with Gasteiger partial charge in [0.05, 0.1) is 25.5 Å². The Morgan fingerprint density at radius 3 is 2.48 bits per heavy atom. The number of benzene rings is 2. The first-order valence-electron chi connectivity index (χ1n) is 8.21. The summed E-state index contributed by atoms with van der Waals surface area (Å²) in [7, 11) is 3.20. The molecule has 0 radical (unpaired) electrons. The monoisotopic (exact) mass is 400 g/mol. The van der Waals surface area contributed by atoms with Crippen LogP contribution in [0, 0.1) is 6.92 Å². The summed E-state index contributed by atoms with van der Waals surface area (Å²) in [6, 6.07) is 13.2. The SMILES string of the molecule is COc1ccc(-c2nc(NC(=O)c3ccc(SC)cc3OC)sc2C)cc1. The van der Waals surface area contributed by atoms with Gasteiger partial charge in [-0.05, 0) is 55.6 Å². The van der Waals surface area contributed by atoms with Gasteiger partial charge in [-0.3, -0.25) is 10.1 Å². The summed E-state index contributed by atoms with van der Waals surface area (Å²) in [5, 5.41) is 3.44. The molecule has 7 heteroatoms. The van der Waals surface area contributed by atoms with E-state index in [1.165, 1.54) is 11.3 Å². The average molecular weight is 401 g/mol. The molecule has 0 aliphatic rings. The summed E-state index contributed by atoms with van der Waals surface area (Å²) >= 11 is 3.04. The maximum Gasteiger partial charge on any atom is 0.261 e. The van der Waals surface area contributed by atoms with Crippen LogP contribution in [0.2, 0.25) is 0 Å². The molecule has 3 aromatic rings. The Labute approximate surface area is 166 Å². The van der Waals surface area contributed by atoms with Crippen molar-refractivity contribution in [1.29, 1.82) is 0 Å². The molecule has 0 unspecified atom stereocenters. The number of thioether (sulfide) groups is 1. The largest absolute Gasteiger partial charge is 0.497 e. The van der Waals surface area contributed by atoms with E-state index in [4.69, 9.17) is 9.47 Å². The molecule has 0 aliphatic heterocycles. The number of anilines is 1. The third kappa shape index (κ3) is 4.26. The fraction of sp³-hybridized carbons (Fsp3) is 0.200. The highest BCUT2D eigenvalue weighted by molar-refractivity contribution is 7.98. The zero-order valence-electron chi connectivity index (χ0n) is 15.5. The summed E-state index contributed by atoms with van der Waals surface area (Å²) < 4.78 is 10.6. The van der Waals surface area contributed by atoms with Crippen LogP contribution in [-0.4, -0.2) is 31.4 Å². The minimum Gasteiger partial charge on any atom is -0.497 e. The second kappa shape index (κ2) is 8.45. The minimum absolute atomic E-state index is 0.241. The summed E-state index contributed by atoms with van der Waals surface area (Å²) in [5.74, 6) is 1.10. The van der Waals surface area contributed by atoms with Gasteiger partial charge in [0.15, 0.2) is 5.13 Å². The molecule has 1 amide bonds. The van der Waals surface area contributed by atoms with Crippen molar-refractivity contribution in [3.05, 3.63) is 52.9 Å². The smallest absolute Gasteiger partial charge is 0.261 e. The van der Waals surface area contributed by atoms with E-state index >= 15 is 0 Å². The van der Waals surface area contributed by atoms with Gasteiger partial charge in [0.25, 0.3) is 5.91 Å². The highest BCUT2D eigenvalue weighted by Crippen LogP contribution is 2.32. The number of carbonyl (C=O) groups excluding carboxylic acids is 1. The topological polar surface area (TPSA) is 60.5 Å². The molecule has 140 valence electrons. The third-order valence-electron chi connectivity index (χ3n) is 4.03. The molecular formula is C20H20N2O3S2. The summed E-state index contributed by atoms with van der Waals surface area (Å²) in [6.07, 6.45) is 1.98. The van der Waals surface area contributed by atoms with Crippen molar-refractivity contribution in [3.8, 4) is 22.8 Å². The van der Waals surface area contributed by atoms with Crippen LogP contribution in [-0.2, 0) is 0 Å². The lowest BCUT2D eigenvalue weighted by Gasteiger charge is -2.09. The first-order valence-corrected chi connectivity index (χ1v) is 10.2. The number of ether oxygens (including phenoxy) is 2. The van der Waals surface area contributed by atoms with Crippen molar-refractivity contribution in [3.63, 3.8) is 0 Å². The number of hydrogen-bond acceptors (Lipinski definition) is 6. The Balaban J connectivity index is 1.83.